The van der Waals surface area contributed by atoms with Crippen LogP contribution in [0.1, 0.15) is 112 Å². The molecule has 5 aliphatic carbocycles. The molecule has 0 bridgehead atoms. The van der Waals surface area contributed by atoms with Crippen molar-refractivity contribution in [3.63, 3.8) is 0 Å². The number of Topliss-reactive ketones (excluding diaryl/α,β-unsaturated/α-hetero) is 1. The monoisotopic (exact) mass is 614 g/mol. The van der Waals surface area contributed by atoms with Crippen molar-refractivity contribution in [1.82, 2.24) is 9.80 Å². The number of rotatable bonds is 2. The van der Waals surface area contributed by atoms with Gasteiger partial charge in [0.1, 0.15) is 5.76 Å². The van der Waals surface area contributed by atoms with E-state index in [4.69, 9.17) is 4.42 Å². The van der Waals surface area contributed by atoms with Crippen LogP contribution in [0.3, 0.4) is 0 Å². The summed E-state index contributed by atoms with van der Waals surface area (Å²) in [4.78, 5) is 32.7. The van der Waals surface area contributed by atoms with E-state index in [1.807, 2.05) is 18.2 Å². The lowest BCUT2D eigenvalue weighted by Crippen LogP contribution is -2.64. The van der Waals surface area contributed by atoms with E-state index in [0.717, 1.165) is 76.0 Å². The van der Waals surface area contributed by atoms with E-state index >= 15 is 0 Å². The van der Waals surface area contributed by atoms with Crippen LogP contribution >= 0.6 is 0 Å². The van der Waals surface area contributed by atoms with E-state index in [2.05, 4.69) is 71.4 Å². The molecule has 7 rings (SSSR count). The number of likely N-dealkylation sites (N-methyl/N-ethyl adjacent to an activating group) is 1. The van der Waals surface area contributed by atoms with Gasteiger partial charge in [0, 0.05) is 37.0 Å². The fourth-order valence-corrected chi connectivity index (χ4v) is 12.5. The molecule has 4 saturated carbocycles. The van der Waals surface area contributed by atoms with Gasteiger partial charge in [-0.1, -0.05) is 60.1 Å². The van der Waals surface area contributed by atoms with Crippen LogP contribution in [0.5, 0.6) is 0 Å². The number of hydrogen-bond acceptors (Lipinski definition) is 4. The zero-order valence-electron chi connectivity index (χ0n) is 29.4. The molecule has 6 aliphatic rings. The van der Waals surface area contributed by atoms with Gasteiger partial charge in [0.15, 0.2) is 5.78 Å². The zero-order valence-corrected chi connectivity index (χ0v) is 29.4. The Kier molecular flexibility index (Phi) is 7.12. The molecule has 8 atom stereocenters. The first-order valence-electron chi connectivity index (χ1n) is 18.0. The molecule has 5 nitrogen and oxygen atoms in total. The summed E-state index contributed by atoms with van der Waals surface area (Å²) in [5.74, 6) is 2.85. The van der Waals surface area contributed by atoms with Gasteiger partial charge < -0.3 is 14.2 Å². The minimum Gasteiger partial charge on any atom is -0.465 e. The number of carbonyl (C=O) groups excluding carboxylic acids is 2. The van der Waals surface area contributed by atoms with Gasteiger partial charge in [-0.15, -0.1) is 0 Å². The van der Waals surface area contributed by atoms with E-state index in [1.54, 1.807) is 11.8 Å². The van der Waals surface area contributed by atoms with Crippen molar-refractivity contribution in [2.45, 2.75) is 106 Å². The summed E-state index contributed by atoms with van der Waals surface area (Å²) >= 11 is 0. The van der Waals surface area contributed by atoms with Crippen LogP contribution in [0.25, 0.3) is 6.08 Å². The molecule has 246 valence electrons. The fraction of sp³-hybridized carbons (Fsp3) is 0.750. The maximum Gasteiger partial charge on any atom is 0.228 e. The van der Waals surface area contributed by atoms with Crippen molar-refractivity contribution < 1.29 is 14.0 Å². The summed E-state index contributed by atoms with van der Waals surface area (Å²) in [6.07, 6.45) is 16.3. The lowest BCUT2D eigenvalue weighted by Gasteiger charge is -2.71. The molecule has 0 N–H and O–H groups in total. The number of fused-ring (bicyclic) bond motifs is 7. The Morgan fingerprint density at radius 3 is 2.33 bits per heavy atom. The van der Waals surface area contributed by atoms with Crippen LogP contribution in [0.2, 0.25) is 0 Å². The molecular formula is C40H58N2O3. The normalized spacial score (nSPS) is 45.6. The third-order valence-electron chi connectivity index (χ3n) is 15.6. The average molecular weight is 615 g/mol. The third-order valence-corrected chi connectivity index (χ3v) is 15.6. The van der Waals surface area contributed by atoms with Gasteiger partial charge in [0.05, 0.1) is 6.26 Å². The second kappa shape index (κ2) is 10.2. The van der Waals surface area contributed by atoms with Crippen molar-refractivity contribution >= 4 is 17.8 Å². The van der Waals surface area contributed by atoms with Crippen LogP contribution in [-0.4, -0.2) is 54.7 Å². The maximum atomic E-state index is 14.2. The van der Waals surface area contributed by atoms with E-state index in [0.29, 0.717) is 29.4 Å². The Morgan fingerprint density at radius 1 is 0.933 bits per heavy atom. The SMILES string of the molecule is CN1CCN(C(=O)[C@]2(C)CC[C@]3(C)CC[C@]4(C)C(=CC[C@@H]5[C@@]6(C)C/C(=C/c7ccco7)C(=O)C(C)(C)[C@@H]6CC[C@]54C)[C@@H]3C2)CC1. The van der Waals surface area contributed by atoms with E-state index < -0.39 is 5.41 Å². The molecule has 5 heteroatoms. The number of carbonyl (C=O) groups is 2. The highest BCUT2D eigenvalue weighted by Crippen LogP contribution is 2.75. The number of hydrogen-bond donors (Lipinski definition) is 0. The Hall–Kier alpha value is -2.14. The summed E-state index contributed by atoms with van der Waals surface area (Å²) in [7, 11) is 2.16. The minimum absolute atomic E-state index is 0.0348. The van der Waals surface area contributed by atoms with Crippen LogP contribution in [0.15, 0.2) is 40.0 Å². The van der Waals surface area contributed by atoms with E-state index in [1.165, 1.54) is 19.3 Å². The zero-order chi connectivity index (χ0) is 32.2. The van der Waals surface area contributed by atoms with Crippen molar-refractivity contribution in [2.24, 2.45) is 50.2 Å². The first-order valence-corrected chi connectivity index (χ1v) is 18.0. The predicted molar refractivity (Wildman–Crippen MR) is 180 cm³/mol. The molecule has 1 aromatic rings. The Bertz CT molecular complexity index is 1430. The molecule has 1 aromatic heterocycles. The molecule has 45 heavy (non-hydrogen) atoms. The number of ketones is 1. The second-order valence-corrected chi connectivity index (χ2v) is 18.3. The Morgan fingerprint density at radius 2 is 1.64 bits per heavy atom. The molecule has 5 fully saturated rings. The summed E-state index contributed by atoms with van der Waals surface area (Å²) in [6, 6.07) is 3.88. The second-order valence-electron chi connectivity index (χ2n) is 18.3. The van der Waals surface area contributed by atoms with Gasteiger partial charge in [-0.2, -0.15) is 0 Å². The van der Waals surface area contributed by atoms with Crippen molar-refractivity contribution in [3.8, 4) is 0 Å². The van der Waals surface area contributed by atoms with Gasteiger partial charge in [0.2, 0.25) is 5.91 Å². The van der Waals surface area contributed by atoms with Gasteiger partial charge in [-0.3, -0.25) is 9.59 Å². The lowest BCUT2D eigenvalue weighted by molar-refractivity contribution is -0.178. The van der Waals surface area contributed by atoms with Crippen LogP contribution in [0, 0.1) is 50.2 Å². The van der Waals surface area contributed by atoms with E-state index in [9.17, 15) is 9.59 Å². The number of allylic oxidation sites excluding steroid dienone is 3. The maximum absolute atomic E-state index is 14.2. The highest BCUT2D eigenvalue weighted by molar-refractivity contribution is 6.04. The smallest absolute Gasteiger partial charge is 0.228 e. The van der Waals surface area contributed by atoms with Crippen LogP contribution in [0.4, 0.5) is 0 Å². The number of furan rings is 1. The van der Waals surface area contributed by atoms with Crippen molar-refractivity contribution in [3.05, 3.63) is 41.4 Å². The number of piperazine rings is 1. The van der Waals surface area contributed by atoms with Crippen LogP contribution in [-0.2, 0) is 9.59 Å². The summed E-state index contributed by atoms with van der Waals surface area (Å²) < 4.78 is 5.70. The standard InChI is InChI=1S/C40H58N2O3/c1-35(2)31-13-14-40(7)32(38(31,5)25-27(33(35)43)24-28-10-9-23-45-28)12-11-29-30-26-37(4,34(44)42-21-19-41(8)20-22-42)16-15-36(30,3)17-18-39(29,40)6/h9-11,23-24,30-32H,12-22,25-26H2,1-8H3/b27-24-/t30-,31-,32+,36+,37+,38-,39+,40+/m0/s1. The molecule has 1 amide bonds. The Balaban J connectivity index is 1.24. The Labute approximate surface area is 272 Å². The quantitative estimate of drug-likeness (QED) is 0.248. The van der Waals surface area contributed by atoms with Gasteiger partial charge in [-0.05, 0) is 128 Å². The van der Waals surface area contributed by atoms with Crippen molar-refractivity contribution in [1.29, 1.82) is 0 Å². The summed E-state index contributed by atoms with van der Waals surface area (Å²) in [6.45, 7) is 20.7. The highest BCUT2D eigenvalue weighted by Gasteiger charge is 2.68. The highest BCUT2D eigenvalue weighted by atomic mass is 16.3. The fourth-order valence-electron chi connectivity index (χ4n) is 12.5. The largest absolute Gasteiger partial charge is 0.465 e. The third kappa shape index (κ3) is 4.41. The van der Waals surface area contributed by atoms with Crippen molar-refractivity contribution in [2.75, 3.05) is 33.2 Å². The predicted octanol–water partition coefficient (Wildman–Crippen LogP) is 8.42. The van der Waals surface area contributed by atoms with Gasteiger partial charge in [-0.25, -0.2) is 0 Å². The number of amides is 1. The van der Waals surface area contributed by atoms with Gasteiger partial charge >= 0.3 is 0 Å². The molecular weight excluding hydrogens is 556 g/mol. The topological polar surface area (TPSA) is 53.8 Å². The molecule has 0 unspecified atom stereocenters. The first kappa shape index (κ1) is 31.5. The molecule has 1 aliphatic heterocycles. The number of nitrogens with zero attached hydrogens (tertiary/aromatic N) is 2. The molecule has 0 aromatic carbocycles. The minimum atomic E-state index is -0.391. The summed E-state index contributed by atoms with van der Waals surface area (Å²) in [5, 5.41) is 0. The summed E-state index contributed by atoms with van der Waals surface area (Å²) in [5.41, 5.74) is 2.54. The first-order chi connectivity index (χ1) is 21.1. The lowest BCUT2D eigenvalue weighted by atomic mass is 9.33. The van der Waals surface area contributed by atoms with Gasteiger partial charge in [0.25, 0.3) is 0 Å². The molecule has 0 spiro atoms. The van der Waals surface area contributed by atoms with Crippen LogP contribution < -0.4 is 0 Å². The average Bonchev–Trinajstić information content (AvgIpc) is 3.50. The molecule has 1 saturated heterocycles. The van der Waals surface area contributed by atoms with E-state index in [-0.39, 0.29) is 27.1 Å². The molecule has 0 radical (unpaired) electrons. The molecule has 2 heterocycles.